The number of ether oxygens (including phenoxy) is 2. The predicted octanol–water partition coefficient (Wildman–Crippen LogP) is 4.70. The van der Waals surface area contributed by atoms with Crippen molar-refractivity contribution in [2.24, 2.45) is 0 Å². The maximum Gasteiger partial charge on any atom is 0.254 e. The van der Waals surface area contributed by atoms with E-state index in [9.17, 15) is 4.79 Å². The standard InChI is InChI=1S/C22H27NO3/c1-5-14-26-20-13-12-19(15-21(20)25-4)22(24)23(17(3)6-2)16-18-10-8-7-9-11-18/h5,7-13,15,17H,1,6,14,16H2,2-4H3. The molecule has 1 unspecified atom stereocenters. The van der Waals surface area contributed by atoms with Crippen molar-refractivity contribution in [3.63, 3.8) is 0 Å². The monoisotopic (exact) mass is 353 g/mol. The summed E-state index contributed by atoms with van der Waals surface area (Å²) < 4.78 is 11.0. The topological polar surface area (TPSA) is 38.8 Å². The molecule has 0 radical (unpaired) electrons. The lowest BCUT2D eigenvalue weighted by atomic mass is 10.1. The first-order chi connectivity index (χ1) is 12.6. The number of hydrogen-bond acceptors (Lipinski definition) is 3. The third-order valence-corrected chi connectivity index (χ3v) is 4.35. The van der Waals surface area contributed by atoms with Gasteiger partial charge in [0.2, 0.25) is 0 Å². The second kappa shape index (κ2) is 9.66. The molecule has 0 aliphatic carbocycles. The first-order valence-corrected chi connectivity index (χ1v) is 8.87. The number of rotatable bonds is 9. The maximum absolute atomic E-state index is 13.2. The molecular weight excluding hydrogens is 326 g/mol. The van der Waals surface area contributed by atoms with E-state index in [-0.39, 0.29) is 11.9 Å². The number of carbonyl (C=O) groups is 1. The van der Waals surface area contributed by atoms with E-state index in [1.54, 1.807) is 31.4 Å². The lowest BCUT2D eigenvalue weighted by Gasteiger charge is -2.29. The summed E-state index contributed by atoms with van der Waals surface area (Å²) in [5.41, 5.74) is 1.70. The highest BCUT2D eigenvalue weighted by Gasteiger charge is 2.22. The van der Waals surface area contributed by atoms with Gasteiger partial charge in [0.05, 0.1) is 7.11 Å². The largest absolute Gasteiger partial charge is 0.493 e. The minimum atomic E-state index is -0.0169. The maximum atomic E-state index is 13.2. The lowest BCUT2D eigenvalue weighted by molar-refractivity contribution is 0.0671. The number of benzene rings is 2. The van der Waals surface area contributed by atoms with Gasteiger partial charge in [-0.2, -0.15) is 0 Å². The van der Waals surface area contributed by atoms with Crippen molar-refractivity contribution in [1.29, 1.82) is 0 Å². The molecule has 4 heteroatoms. The van der Waals surface area contributed by atoms with Gasteiger partial charge in [-0.3, -0.25) is 4.79 Å². The smallest absolute Gasteiger partial charge is 0.254 e. The summed E-state index contributed by atoms with van der Waals surface area (Å²) in [4.78, 5) is 15.1. The van der Waals surface area contributed by atoms with Crippen LogP contribution in [0.15, 0.2) is 61.2 Å². The molecule has 0 aliphatic rings. The van der Waals surface area contributed by atoms with Gasteiger partial charge in [-0.25, -0.2) is 0 Å². The van der Waals surface area contributed by atoms with E-state index in [4.69, 9.17) is 9.47 Å². The van der Waals surface area contributed by atoms with E-state index in [0.717, 1.165) is 12.0 Å². The molecule has 0 saturated carbocycles. The van der Waals surface area contributed by atoms with Crippen LogP contribution in [0.2, 0.25) is 0 Å². The van der Waals surface area contributed by atoms with E-state index < -0.39 is 0 Å². The third-order valence-electron chi connectivity index (χ3n) is 4.35. The van der Waals surface area contributed by atoms with Crippen LogP contribution in [0.1, 0.15) is 36.2 Å². The van der Waals surface area contributed by atoms with Crippen molar-refractivity contribution in [3.05, 3.63) is 72.3 Å². The first kappa shape index (κ1) is 19.6. The Labute approximate surface area is 156 Å². The zero-order chi connectivity index (χ0) is 18.9. The molecule has 0 fully saturated rings. The summed E-state index contributed by atoms with van der Waals surface area (Å²) in [6.45, 7) is 8.76. The minimum absolute atomic E-state index is 0.0169. The molecule has 0 aliphatic heterocycles. The highest BCUT2D eigenvalue weighted by molar-refractivity contribution is 5.95. The summed E-state index contributed by atoms with van der Waals surface area (Å²) in [6, 6.07) is 15.5. The lowest BCUT2D eigenvalue weighted by Crippen LogP contribution is -2.37. The number of methoxy groups -OCH3 is 1. The molecule has 1 atom stereocenters. The Morgan fingerprint density at radius 2 is 1.92 bits per heavy atom. The Bertz CT molecular complexity index is 727. The van der Waals surface area contributed by atoms with Gasteiger partial charge in [0, 0.05) is 18.2 Å². The van der Waals surface area contributed by atoms with Gasteiger partial charge in [-0.15, -0.1) is 0 Å². The highest BCUT2D eigenvalue weighted by Crippen LogP contribution is 2.29. The predicted molar refractivity (Wildman–Crippen MR) is 105 cm³/mol. The SMILES string of the molecule is C=CCOc1ccc(C(=O)N(Cc2ccccc2)C(C)CC)cc1OC. The molecule has 1 amide bonds. The van der Waals surface area contributed by atoms with E-state index in [0.29, 0.717) is 30.2 Å². The molecule has 0 heterocycles. The summed E-state index contributed by atoms with van der Waals surface area (Å²) in [5.74, 6) is 1.13. The molecule has 0 N–H and O–H groups in total. The van der Waals surface area contributed by atoms with Gasteiger partial charge in [0.25, 0.3) is 5.91 Å². The van der Waals surface area contributed by atoms with Crippen LogP contribution in [-0.4, -0.2) is 30.6 Å². The summed E-state index contributed by atoms with van der Waals surface area (Å²) in [5, 5.41) is 0. The normalized spacial score (nSPS) is 11.5. The van der Waals surface area contributed by atoms with Crippen LogP contribution in [0.3, 0.4) is 0 Å². The molecule has 0 aromatic heterocycles. The molecule has 2 rings (SSSR count). The fourth-order valence-corrected chi connectivity index (χ4v) is 2.66. The third kappa shape index (κ3) is 4.88. The second-order valence-corrected chi connectivity index (χ2v) is 6.14. The quantitative estimate of drug-likeness (QED) is 0.613. The molecule has 0 spiro atoms. The van der Waals surface area contributed by atoms with Crippen LogP contribution < -0.4 is 9.47 Å². The van der Waals surface area contributed by atoms with Gasteiger partial charge in [-0.1, -0.05) is 49.9 Å². The number of hydrogen-bond donors (Lipinski definition) is 0. The Hall–Kier alpha value is -2.75. The van der Waals surface area contributed by atoms with Gasteiger partial charge < -0.3 is 14.4 Å². The van der Waals surface area contributed by atoms with Crippen molar-refractivity contribution in [1.82, 2.24) is 4.90 Å². The minimum Gasteiger partial charge on any atom is -0.493 e. The van der Waals surface area contributed by atoms with Gasteiger partial charge in [0.15, 0.2) is 11.5 Å². The second-order valence-electron chi connectivity index (χ2n) is 6.14. The van der Waals surface area contributed by atoms with Crippen LogP contribution in [0.25, 0.3) is 0 Å². The van der Waals surface area contributed by atoms with Crippen molar-refractivity contribution in [2.45, 2.75) is 32.9 Å². The number of carbonyl (C=O) groups excluding carboxylic acids is 1. The Balaban J connectivity index is 2.28. The van der Waals surface area contributed by atoms with E-state index in [2.05, 4.69) is 20.4 Å². The van der Waals surface area contributed by atoms with Gasteiger partial charge >= 0.3 is 0 Å². The van der Waals surface area contributed by atoms with Crippen LogP contribution in [0.5, 0.6) is 11.5 Å². The molecule has 138 valence electrons. The zero-order valence-corrected chi connectivity index (χ0v) is 15.8. The molecule has 0 bridgehead atoms. The summed E-state index contributed by atoms with van der Waals surface area (Å²) in [7, 11) is 1.57. The first-order valence-electron chi connectivity index (χ1n) is 8.87. The van der Waals surface area contributed by atoms with E-state index in [1.165, 1.54) is 0 Å². The molecular formula is C22H27NO3. The summed E-state index contributed by atoms with van der Waals surface area (Å²) >= 11 is 0. The molecule has 0 saturated heterocycles. The number of nitrogens with zero attached hydrogens (tertiary/aromatic N) is 1. The summed E-state index contributed by atoms with van der Waals surface area (Å²) in [6.07, 6.45) is 2.55. The van der Waals surface area contributed by atoms with Crippen LogP contribution in [-0.2, 0) is 6.54 Å². The Morgan fingerprint density at radius 3 is 2.54 bits per heavy atom. The van der Waals surface area contributed by atoms with E-state index in [1.807, 2.05) is 35.2 Å². The average molecular weight is 353 g/mol. The molecule has 26 heavy (non-hydrogen) atoms. The molecule has 2 aromatic rings. The Kier molecular flexibility index (Phi) is 7.27. The van der Waals surface area contributed by atoms with Crippen LogP contribution in [0, 0.1) is 0 Å². The van der Waals surface area contributed by atoms with Crippen molar-refractivity contribution in [3.8, 4) is 11.5 Å². The number of amides is 1. The van der Waals surface area contributed by atoms with Gasteiger partial charge in [-0.05, 0) is 37.1 Å². The zero-order valence-electron chi connectivity index (χ0n) is 15.8. The fraction of sp³-hybridized carbons (Fsp3) is 0.318. The molecule has 2 aromatic carbocycles. The van der Waals surface area contributed by atoms with E-state index >= 15 is 0 Å². The van der Waals surface area contributed by atoms with Gasteiger partial charge in [0.1, 0.15) is 6.61 Å². The Morgan fingerprint density at radius 1 is 1.19 bits per heavy atom. The highest BCUT2D eigenvalue weighted by atomic mass is 16.5. The molecule has 4 nitrogen and oxygen atoms in total. The van der Waals surface area contributed by atoms with Crippen LogP contribution >= 0.6 is 0 Å². The average Bonchev–Trinajstić information content (AvgIpc) is 2.70. The van der Waals surface area contributed by atoms with Crippen molar-refractivity contribution < 1.29 is 14.3 Å². The fourth-order valence-electron chi connectivity index (χ4n) is 2.66. The van der Waals surface area contributed by atoms with Crippen LogP contribution in [0.4, 0.5) is 0 Å². The van der Waals surface area contributed by atoms with Crippen molar-refractivity contribution in [2.75, 3.05) is 13.7 Å². The van der Waals surface area contributed by atoms with Crippen molar-refractivity contribution >= 4 is 5.91 Å².